The molecule has 7 heteroatoms. The van der Waals surface area contributed by atoms with Gasteiger partial charge in [0.15, 0.2) is 0 Å². The van der Waals surface area contributed by atoms with Gasteiger partial charge in [0.1, 0.15) is 6.04 Å². The van der Waals surface area contributed by atoms with Crippen LogP contribution < -0.4 is 10.6 Å². The molecule has 98 valence electrons. The van der Waals surface area contributed by atoms with Crippen molar-refractivity contribution in [2.24, 2.45) is 5.92 Å². The van der Waals surface area contributed by atoms with E-state index >= 15 is 0 Å². The van der Waals surface area contributed by atoms with Gasteiger partial charge in [-0.05, 0) is 13.0 Å². The first-order valence-electron chi connectivity index (χ1n) is 5.21. The Hall–Kier alpha value is -1.63. The average Bonchev–Trinajstić information content (AvgIpc) is 2.15. The van der Waals surface area contributed by atoms with Crippen LogP contribution >= 0.6 is 0 Å². The number of amides is 1. The molecule has 4 N–H and O–H groups in total. The summed E-state index contributed by atoms with van der Waals surface area (Å²) in [6, 6.07) is -1.96. The highest BCUT2D eigenvalue weighted by Gasteiger charge is 2.27. The summed E-state index contributed by atoms with van der Waals surface area (Å²) in [5.74, 6) is -3.18. The van der Waals surface area contributed by atoms with Crippen molar-refractivity contribution < 1.29 is 24.6 Å². The van der Waals surface area contributed by atoms with Crippen LogP contribution in [0.3, 0.4) is 0 Å². The lowest BCUT2D eigenvalue weighted by molar-refractivity contribution is -0.147. The summed E-state index contributed by atoms with van der Waals surface area (Å²) < 4.78 is 0. The van der Waals surface area contributed by atoms with E-state index in [2.05, 4.69) is 10.6 Å². The first kappa shape index (κ1) is 15.4. The molecule has 7 nitrogen and oxygen atoms in total. The topological polar surface area (TPSA) is 116 Å². The lowest BCUT2D eigenvalue weighted by Crippen LogP contribution is -2.51. The van der Waals surface area contributed by atoms with E-state index in [-0.39, 0.29) is 5.92 Å². The predicted molar refractivity (Wildman–Crippen MR) is 59.5 cm³/mol. The van der Waals surface area contributed by atoms with Gasteiger partial charge in [-0.15, -0.1) is 0 Å². The van der Waals surface area contributed by atoms with Gasteiger partial charge in [0, 0.05) is 0 Å². The number of hydrogen-bond acceptors (Lipinski definition) is 4. The van der Waals surface area contributed by atoms with Gasteiger partial charge < -0.3 is 20.8 Å². The zero-order valence-corrected chi connectivity index (χ0v) is 10.1. The number of hydrogen-bond donors (Lipinski definition) is 4. The summed E-state index contributed by atoms with van der Waals surface area (Å²) in [7, 11) is 1.58. The minimum atomic E-state index is -1.41. The number of carbonyl (C=O) groups is 3. The number of carboxylic acids is 2. The summed E-state index contributed by atoms with van der Waals surface area (Å²) >= 11 is 0. The number of carbonyl (C=O) groups excluding carboxylic acids is 1. The number of rotatable bonds is 7. The van der Waals surface area contributed by atoms with Gasteiger partial charge >= 0.3 is 11.9 Å². The number of aliphatic carboxylic acids is 2. The van der Waals surface area contributed by atoms with Crippen LogP contribution in [0.25, 0.3) is 0 Å². The number of carboxylic acid groups (broad SMARTS) is 2. The van der Waals surface area contributed by atoms with E-state index < -0.39 is 36.4 Å². The highest BCUT2D eigenvalue weighted by atomic mass is 16.4. The molecule has 0 heterocycles. The van der Waals surface area contributed by atoms with E-state index in [9.17, 15) is 14.4 Å². The molecular formula is C10H18N2O5. The maximum absolute atomic E-state index is 11.7. The smallest absolute Gasteiger partial charge is 0.326 e. The quantitative estimate of drug-likeness (QED) is 0.471. The molecule has 0 spiro atoms. The third-order valence-corrected chi connectivity index (χ3v) is 2.25. The molecule has 0 aromatic rings. The second-order valence-corrected chi connectivity index (χ2v) is 4.01. The highest BCUT2D eigenvalue weighted by molar-refractivity contribution is 5.89. The van der Waals surface area contributed by atoms with Gasteiger partial charge in [0.25, 0.3) is 0 Å². The van der Waals surface area contributed by atoms with Gasteiger partial charge in [-0.2, -0.15) is 0 Å². The fourth-order valence-electron chi connectivity index (χ4n) is 1.40. The van der Waals surface area contributed by atoms with Gasteiger partial charge in [0.2, 0.25) is 5.91 Å². The third-order valence-electron chi connectivity index (χ3n) is 2.25. The minimum absolute atomic E-state index is 0.0285. The van der Waals surface area contributed by atoms with Crippen molar-refractivity contribution >= 4 is 17.8 Å². The van der Waals surface area contributed by atoms with Crippen LogP contribution in [0, 0.1) is 5.92 Å². The maximum atomic E-state index is 11.7. The Balaban J connectivity index is 4.59. The fraction of sp³-hybridized carbons (Fsp3) is 0.700. The molecule has 0 aliphatic carbocycles. The van der Waals surface area contributed by atoms with Gasteiger partial charge in [-0.3, -0.25) is 9.59 Å². The summed E-state index contributed by atoms with van der Waals surface area (Å²) in [6.45, 7) is 3.60. The highest BCUT2D eigenvalue weighted by Crippen LogP contribution is 2.02. The van der Waals surface area contributed by atoms with Gasteiger partial charge in [0.05, 0.1) is 12.5 Å². The molecular weight excluding hydrogens is 228 g/mol. The van der Waals surface area contributed by atoms with Crippen LogP contribution in [0.15, 0.2) is 0 Å². The molecule has 2 atom stereocenters. The van der Waals surface area contributed by atoms with Crippen LogP contribution in [-0.2, 0) is 14.4 Å². The second kappa shape index (κ2) is 6.85. The summed E-state index contributed by atoms with van der Waals surface area (Å²) in [5, 5.41) is 22.2. The minimum Gasteiger partial charge on any atom is -0.481 e. The molecule has 0 radical (unpaired) electrons. The van der Waals surface area contributed by atoms with Gasteiger partial charge in [-0.1, -0.05) is 13.8 Å². The SMILES string of the molecule is CN[C@H](C(=O)N[C@@H](CC(=O)O)C(=O)O)C(C)C. The first-order valence-corrected chi connectivity index (χ1v) is 5.21. The molecule has 0 bridgehead atoms. The molecule has 0 aromatic carbocycles. The summed E-state index contributed by atoms with van der Waals surface area (Å²) in [5.41, 5.74) is 0. The van der Waals surface area contributed by atoms with Crippen LogP contribution in [0.5, 0.6) is 0 Å². The van der Waals surface area contributed by atoms with Crippen molar-refractivity contribution in [2.75, 3.05) is 7.05 Å². The van der Waals surface area contributed by atoms with Crippen molar-refractivity contribution in [3.63, 3.8) is 0 Å². The van der Waals surface area contributed by atoms with E-state index in [0.717, 1.165) is 0 Å². The van der Waals surface area contributed by atoms with E-state index in [4.69, 9.17) is 10.2 Å². The van der Waals surface area contributed by atoms with E-state index in [1.807, 2.05) is 0 Å². The number of likely N-dealkylation sites (N-methyl/N-ethyl adjacent to an activating group) is 1. The van der Waals surface area contributed by atoms with Crippen molar-refractivity contribution in [1.29, 1.82) is 0 Å². The monoisotopic (exact) mass is 246 g/mol. The lowest BCUT2D eigenvalue weighted by atomic mass is 10.0. The first-order chi connectivity index (χ1) is 7.79. The standard InChI is InChI=1S/C10H18N2O5/c1-5(2)8(11-3)9(15)12-6(10(16)17)4-7(13)14/h5-6,8,11H,4H2,1-3H3,(H,12,15)(H,13,14)(H,16,17)/t6-,8-/m0/s1. The second-order valence-electron chi connectivity index (χ2n) is 4.01. The average molecular weight is 246 g/mol. The van der Waals surface area contributed by atoms with Gasteiger partial charge in [-0.25, -0.2) is 4.79 Å². The van der Waals surface area contributed by atoms with Crippen molar-refractivity contribution in [2.45, 2.75) is 32.4 Å². The molecule has 17 heavy (non-hydrogen) atoms. The molecule has 0 aromatic heterocycles. The largest absolute Gasteiger partial charge is 0.481 e. The van der Waals surface area contributed by atoms with Crippen LogP contribution in [0.1, 0.15) is 20.3 Å². The maximum Gasteiger partial charge on any atom is 0.326 e. The molecule has 0 unspecified atom stereocenters. The Morgan fingerprint density at radius 2 is 1.71 bits per heavy atom. The van der Waals surface area contributed by atoms with Crippen LogP contribution in [-0.4, -0.2) is 47.2 Å². The van der Waals surface area contributed by atoms with Crippen molar-refractivity contribution in [3.05, 3.63) is 0 Å². The van der Waals surface area contributed by atoms with E-state index in [1.54, 1.807) is 20.9 Å². The zero-order valence-electron chi connectivity index (χ0n) is 10.1. The Labute approximate surface area is 99.2 Å². The molecule has 1 amide bonds. The Morgan fingerprint density at radius 1 is 1.18 bits per heavy atom. The van der Waals surface area contributed by atoms with E-state index in [1.165, 1.54) is 0 Å². The molecule has 0 aliphatic heterocycles. The summed E-state index contributed by atoms with van der Waals surface area (Å²) in [6.07, 6.45) is -0.643. The zero-order chi connectivity index (χ0) is 13.6. The van der Waals surface area contributed by atoms with Crippen LogP contribution in [0.4, 0.5) is 0 Å². The predicted octanol–water partition coefficient (Wildman–Crippen LogP) is -0.725. The molecule has 0 fully saturated rings. The van der Waals surface area contributed by atoms with Crippen molar-refractivity contribution in [1.82, 2.24) is 10.6 Å². The molecule has 0 rings (SSSR count). The Kier molecular flexibility index (Phi) is 6.19. The fourth-order valence-corrected chi connectivity index (χ4v) is 1.40. The normalized spacial score (nSPS) is 14.1. The Bertz CT molecular complexity index is 303. The summed E-state index contributed by atoms with van der Waals surface area (Å²) in [4.78, 5) is 32.9. The molecule has 0 saturated carbocycles. The third kappa shape index (κ3) is 5.30. The van der Waals surface area contributed by atoms with Crippen molar-refractivity contribution in [3.8, 4) is 0 Å². The molecule has 0 aliphatic rings. The lowest BCUT2D eigenvalue weighted by Gasteiger charge is -2.21. The number of nitrogens with one attached hydrogen (secondary N) is 2. The Morgan fingerprint density at radius 3 is 2.00 bits per heavy atom. The van der Waals surface area contributed by atoms with Crippen LogP contribution in [0.2, 0.25) is 0 Å². The van der Waals surface area contributed by atoms with E-state index in [0.29, 0.717) is 0 Å². The molecule has 0 saturated heterocycles.